The first-order chi connectivity index (χ1) is 7.18. The molecular formula is C10H10BrClN2O. The van der Waals surface area contributed by atoms with Crippen LogP contribution in [0.2, 0.25) is 5.15 Å². The van der Waals surface area contributed by atoms with Gasteiger partial charge in [0.25, 0.3) is 5.91 Å². The summed E-state index contributed by atoms with van der Waals surface area (Å²) >= 11 is 9.17. The van der Waals surface area contributed by atoms with E-state index in [1.165, 1.54) is 0 Å². The molecule has 0 N–H and O–H groups in total. The van der Waals surface area contributed by atoms with Gasteiger partial charge in [-0.15, -0.1) is 0 Å². The van der Waals surface area contributed by atoms with Gasteiger partial charge in [-0.2, -0.15) is 0 Å². The number of aromatic nitrogens is 1. The fourth-order valence-electron chi connectivity index (χ4n) is 1.66. The van der Waals surface area contributed by atoms with E-state index in [9.17, 15) is 4.79 Å². The van der Waals surface area contributed by atoms with Crippen molar-refractivity contribution in [1.82, 2.24) is 9.88 Å². The Hall–Kier alpha value is -0.610. The minimum absolute atomic E-state index is 0.0219. The van der Waals surface area contributed by atoms with Crippen molar-refractivity contribution in [3.63, 3.8) is 0 Å². The van der Waals surface area contributed by atoms with Gasteiger partial charge in [0.1, 0.15) is 5.15 Å². The number of rotatable bonds is 1. The van der Waals surface area contributed by atoms with E-state index < -0.39 is 0 Å². The molecule has 5 heteroatoms. The van der Waals surface area contributed by atoms with Crippen molar-refractivity contribution >= 4 is 33.4 Å². The normalized spacial score (nSPS) is 15.7. The number of carbonyl (C=O) groups excluding carboxylic acids is 1. The monoisotopic (exact) mass is 288 g/mol. The Morgan fingerprint density at radius 1 is 1.47 bits per heavy atom. The molecule has 0 bridgehead atoms. The fraction of sp³-hybridized carbons (Fsp3) is 0.400. The Morgan fingerprint density at radius 3 is 2.80 bits per heavy atom. The second-order valence-electron chi connectivity index (χ2n) is 3.49. The molecule has 1 aliphatic rings. The van der Waals surface area contributed by atoms with Crippen LogP contribution in [0.4, 0.5) is 0 Å². The Balaban J connectivity index is 2.27. The molecule has 2 heterocycles. The SMILES string of the molecule is O=C(c1cc(Br)cnc1Cl)N1CCCC1. The summed E-state index contributed by atoms with van der Waals surface area (Å²) in [6.07, 6.45) is 3.73. The first kappa shape index (κ1) is 10.9. The smallest absolute Gasteiger partial charge is 0.257 e. The Morgan fingerprint density at radius 2 is 2.13 bits per heavy atom. The van der Waals surface area contributed by atoms with E-state index in [1.807, 2.05) is 4.90 Å². The lowest BCUT2D eigenvalue weighted by atomic mass is 10.2. The highest BCUT2D eigenvalue weighted by atomic mass is 79.9. The van der Waals surface area contributed by atoms with Gasteiger partial charge in [0.05, 0.1) is 5.56 Å². The topological polar surface area (TPSA) is 33.2 Å². The lowest BCUT2D eigenvalue weighted by Crippen LogP contribution is -2.28. The zero-order valence-corrected chi connectivity index (χ0v) is 10.4. The van der Waals surface area contributed by atoms with E-state index in [2.05, 4.69) is 20.9 Å². The van der Waals surface area contributed by atoms with Gasteiger partial charge in [-0.25, -0.2) is 4.98 Å². The van der Waals surface area contributed by atoms with Crippen LogP contribution in [0.1, 0.15) is 23.2 Å². The van der Waals surface area contributed by atoms with Gasteiger partial charge in [0.15, 0.2) is 0 Å². The van der Waals surface area contributed by atoms with Gasteiger partial charge in [0, 0.05) is 23.8 Å². The third-order valence-corrected chi connectivity index (χ3v) is 3.16. The molecule has 1 amide bonds. The standard InChI is InChI=1S/C10H10BrClN2O/c11-7-5-8(9(12)13-6-7)10(15)14-3-1-2-4-14/h5-6H,1-4H2. The number of hydrogen-bond donors (Lipinski definition) is 0. The van der Waals surface area contributed by atoms with Crippen LogP contribution in [-0.4, -0.2) is 28.9 Å². The number of halogens is 2. The summed E-state index contributed by atoms with van der Waals surface area (Å²) in [5.74, 6) is -0.0219. The quantitative estimate of drug-likeness (QED) is 0.745. The predicted octanol–water partition coefficient (Wildman–Crippen LogP) is 2.73. The maximum absolute atomic E-state index is 12.0. The van der Waals surface area contributed by atoms with Crippen LogP contribution in [0, 0.1) is 0 Å². The molecule has 0 radical (unpaired) electrons. The molecule has 0 saturated carbocycles. The first-order valence-corrected chi connectivity index (χ1v) is 5.96. The maximum Gasteiger partial charge on any atom is 0.257 e. The molecule has 1 aromatic rings. The third-order valence-electron chi connectivity index (χ3n) is 2.43. The molecule has 15 heavy (non-hydrogen) atoms. The highest BCUT2D eigenvalue weighted by Crippen LogP contribution is 2.21. The first-order valence-electron chi connectivity index (χ1n) is 4.79. The Labute approximate surface area is 102 Å². The number of nitrogens with zero attached hydrogens (tertiary/aromatic N) is 2. The van der Waals surface area contributed by atoms with E-state index in [-0.39, 0.29) is 11.1 Å². The van der Waals surface area contributed by atoms with Gasteiger partial charge >= 0.3 is 0 Å². The highest BCUT2D eigenvalue weighted by molar-refractivity contribution is 9.10. The number of hydrogen-bond acceptors (Lipinski definition) is 2. The fourth-order valence-corrected chi connectivity index (χ4v) is 2.18. The number of likely N-dealkylation sites (tertiary alicyclic amines) is 1. The van der Waals surface area contributed by atoms with Crippen LogP contribution >= 0.6 is 27.5 Å². The van der Waals surface area contributed by atoms with Gasteiger partial charge in [-0.1, -0.05) is 11.6 Å². The van der Waals surface area contributed by atoms with Crippen LogP contribution in [0.15, 0.2) is 16.7 Å². The van der Waals surface area contributed by atoms with Crippen molar-refractivity contribution in [2.45, 2.75) is 12.8 Å². The summed E-state index contributed by atoms with van der Waals surface area (Å²) in [6.45, 7) is 1.64. The second kappa shape index (κ2) is 4.49. The molecule has 0 aliphatic carbocycles. The minimum Gasteiger partial charge on any atom is -0.339 e. The van der Waals surface area contributed by atoms with E-state index in [0.717, 1.165) is 30.4 Å². The van der Waals surface area contributed by atoms with Crippen molar-refractivity contribution in [1.29, 1.82) is 0 Å². The lowest BCUT2D eigenvalue weighted by molar-refractivity contribution is 0.0792. The van der Waals surface area contributed by atoms with Crippen molar-refractivity contribution in [2.24, 2.45) is 0 Å². The summed E-state index contributed by atoms with van der Waals surface area (Å²) in [6, 6.07) is 1.72. The third kappa shape index (κ3) is 2.32. The zero-order chi connectivity index (χ0) is 10.8. The molecule has 1 aliphatic heterocycles. The van der Waals surface area contributed by atoms with Crippen LogP contribution in [-0.2, 0) is 0 Å². The summed E-state index contributed by atoms with van der Waals surface area (Å²) in [5.41, 5.74) is 0.480. The van der Waals surface area contributed by atoms with Crippen molar-refractivity contribution in [3.05, 3.63) is 27.5 Å². The molecule has 0 atom stereocenters. The average molecular weight is 290 g/mol. The number of pyridine rings is 1. The maximum atomic E-state index is 12.0. The largest absolute Gasteiger partial charge is 0.339 e. The van der Waals surface area contributed by atoms with Crippen LogP contribution in [0.5, 0.6) is 0 Å². The van der Waals surface area contributed by atoms with Gasteiger partial charge in [-0.3, -0.25) is 4.79 Å². The van der Waals surface area contributed by atoms with Crippen molar-refractivity contribution in [2.75, 3.05) is 13.1 Å². The van der Waals surface area contributed by atoms with Gasteiger partial charge in [-0.05, 0) is 34.8 Å². The zero-order valence-electron chi connectivity index (χ0n) is 8.04. The minimum atomic E-state index is -0.0219. The van der Waals surface area contributed by atoms with Crippen molar-refractivity contribution < 1.29 is 4.79 Å². The molecule has 1 saturated heterocycles. The molecule has 0 unspecified atom stereocenters. The number of amides is 1. The molecule has 3 nitrogen and oxygen atoms in total. The molecule has 80 valence electrons. The summed E-state index contributed by atoms with van der Waals surface area (Å²) in [4.78, 5) is 17.8. The molecule has 0 aromatic carbocycles. The highest BCUT2D eigenvalue weighted by Gasteiger charge is 2.22. The van der Waals surface area contributed by atoms with Gasteiger partial charge in [0.2, 0.25) is 0 Å². The molecular weight excluding hydrogens is 279 g/mol. The predicted molar refractivity (Wildman–Crippen MR) is 62.1 cm³/mol. The van der Waals surface area contributed by atoms with E-state index in [1.54, 1.807) is 12.3 Å². The van der Waals surface area contributed by atoms with Crippen LogP contribution in [0.25, 0.3) is 0 Å². The average Bonchev–Trinajstić information content (AvgIpc) is 2.74. The summed E-state index contributed by atoms with van der Waals surface area (Å²) in [7, 11) is 0. The van der Waals surface area contributed by atoms with Crippen LogP contribution in [0.3, 0.4) is 0 Å². The molecule has 2 rings (SSSR count). The summed E-state index contributed by atoms with van der Waals surface area (Å²) in [5, 5.41) is 0.273. The summed E-state index contributed by atoms with van der Waals surface area (Å²) < 4.78 is 0.773. The molecule has 1 aromatic heterocycles. The van der Waals surface area contributed by atoms with Gasteiger partial charge < -0.3 is 4.90 Å². The number of carbonyl (C=O) groups is 1. The second-order valence-corrected chi connectivity index (χ2v) is 4.76. The van der Waals surface area contributed by atoms with E-state index in [0.29, 0.717) is 5.56 Å². The van der Waals surface area contributed by atoms with Crippen LogP contribution < -0.4 is 0 Å². The Bertz CT molecular complexity index is 391. The van der Waals surface area contributed by atoms with Crippen molar-refractivity contribution in [3.8, 4) is 0 Å². The Kier molecular flexibility index (Phi) is 3.26. The van der Waals surface area contributed by atoms with E-state index >= 15 is 0 Å². The molecule has 0 spiro atoms. The lowest BCUT2D eigenvalue weighted by Gasteiger charge is -2.15. The molecule has 1 fully saturated rings. The van der Waals surface area contributed by atoms with E-state index in [4.69, 9.17) is 11.6 Å².